The molecule has 1 saturated carbocycles. The summed E-state index contributed by atoms with van der Waals surface area (Å²) in [5.41, 5.74) is 0.770. The number of amides is 1. The summed E-state index contributed by atoms with van der Waals surface area (Å²) in [6.45, 7) is 3.68. The van der Waals surface area contributed by atoms with Gasteiger partial charge in [0.15, 0.2) is 0 Å². The summed E-state index contributed by atoms with van der Waals surface area (Å²) in [6, 6.07) is 10.7. The Bertz CT molecular complexity index is 1230. The second-order valence-corrected chi connectivity index (χ2v) is 7.58. The molecule has 0 aliphatic heterocycles. The van der Waals surface area contributed by atoms with Gasteiger partial charge >= 0.3 is 0 Å². The molecule has 1 aromatic carbocycles. The van der Waals surface area contributed by atoms with Crippen LogP contribution in [0.5, 0.6) is 0 Å². The van der Waals surface area contributed by atoms with Crippen LogP contribution in [0.3, 0.4) is 0 Å². The van der Waals surface area contributed by atoms with E-state index in [2.05, 4.69) is 22.1 Å². The second kappa shape index (κ2) is 7.19. The first-order valence-corrected chi connectivity index (χ1v) is 9.53. The van der Waals surface area contributed by atoms with Crippen molar-refractivity contribution in [3.05, 3.63) is 70.1 Å². The normalized spacial score (nSPS) is 14.3. The van der Waals surface area contributed by atoms with E-state index in [1.165, 1.54) is 6.20 Å². The molecule has 2 aromatic heterocycles. The minimum absolute atomic E-state index is 0.0583. The van der Waals surface area contributed by atoms with Gasteiger partial charge in [-0.3, -0.25) is 9.59 Å². The summed E-state index contributed by atoms with van der Waals surface area (Å²) in [5, 5.41) is 13.1. The molecule has 0 radical (unpaired) electrons. The molecular weight excluding hydrogens is 366 g/mol. The van der Waals surface area contributed by atoms with Gasteiger partial charge in [-0.1, -0.05) is 17.9 Å². The molecule has 0 spiro atoms. The lowest BCUT2D eigenvalue weighted by Crippen LogP contribution is -2.34. The van der Waals surface area contributed by atoms with Gasteiger partial charge in [0.1, 0.15) is 16.8 Å². The lowest BCUT2D eigenvalue weighted by atomic mass is 10.1. The number of carbonyl (C=O) groups is 1. The van der Waals surface area contributed by atoms with Gasteiger partial charge in [-0.2, -0.15) is 0 Å². The molecular formula is C23H21N3O3. The number of hydrogen-bond acceptors (Lipinski definition) is 4. The minimum atomic E-state index is -0.857. The van der Waals surface area contributed by atoms with Gasteiger partial charge in [0, 0.05) is 29.7 Å². The van der Waals surface area contributed by atoms with Crippen molar-refractivity contribution in [3.63, 3.8) is 0 Å². The van der Waals surface area contributed by atoms with E-state index in [-0.39, 0.29) is 17.0 Å². The van der Waals surface area contributed by atoms with Crippen molar-refractivity contribution in [1.29, 1.82) is 0 Å². The van der Waals surface area contributed by atoms with E-state index in [9.17, 15) is 14.7 Å². The van der Waals surface area contributed by atoms with Crippen LogP contribution in [0.15, 0.2) is 53.6 Å². The van der Waals surface area contributed by atoms with Crippen molar-refractivity contribution >= 4 is 16.9 Å². The van der Waals surface area contributed by atoms with Crippen molar-refractivity contribution in [2.75, 3.05) is 0 Å². The number of nitrogens with one attached hydrogen (secondary N) is 1. The average molecular weight is 387 g/mol. The predicted molar refractivity (Wildman–Crippen MR) is 111 cm³/mol. The fraction of sp³-hybridized carbons (Fsp3) is 0.261. The summed E-state index contributed by atoms with van der Waals surface area (Å²) in [5.74, 6) is 5.48. The first-order valence-electron chi connectivity index (χ1n) is 9.53. The molecule has 0 bridgehead atoms. The highest BCUT2D eigenvalue weighted by Crippen LogP contribution is 2.34. The molecule has 1 amide bonds. The van der Waals surface area contributed by atoms with E-state index >= 15 is 0 Å². The third-order valence-electron chi connectivity index (χ3n) is 4.71. The highest BCUT2D eigenvalue weighted by molar-refractivity contribution is 5.97. The maximum atomic E-state index is 12.9. The molecule has 1 aliphatic rings. The Balaban J connectivity index is 1.87. The lowest BCUT2D eigenvalue weighted by Gasteiger charge is -2.14. The molecule has 29 heavy (non-hydrogen) atoms. The maximum Gasteiger partial charge on any atom is 0.256 e. The van der Waals surface area contributed by atoms with Gasteiger partial charge in [-0.15, -0.1) is 0 Å². The molecule has 6 heteroatoms. The summed E-state index contributed by atoms with van der Waals surface area (Å²) >= 11 is 0. The van der Waals surface area contributed by atoms with Crippen LogP contribution >= 0.6 is 0 Å². The number of benzene rings is 1. The van der Waals surface area contributed by atoms with Crippen molar-refractivity contribution in [2.24, 2.45) is 0 Å². The molecule has 6 nitrogen and oxygen atoms in total. The van der Waals surface area contributed by atoms with Gasteiger partial charge in [-0.25, -0.2) is 4.98 Å². The molecule has 2 heterocycles. The van der Waals surface area contributed by atoms with Crippen LogP contribution < -0.4 is 10.7 Å². The van der Waals surface area contributed by atoms with Crippen LogP contribution in [0.25, 0.3) is 16.7 Å². The number of aliphatic hydroxyl groups is 1. The Labute approximate surface area is 168 Å². The molecule has 1 fully saturated rings. The fourth-order valence-corrected chi connectivity index (χ4v) is 3.02. The SMILES string of the molecule is CC(C)NC(=O)c1cn(-c2cccc(C#CC3(O)CC3)c2)c2ncccc2c1=O. The van der Waals surface area contributed by atoms with Crippen molar-refractivity contribution in [2.45, 2.75) is 38.3 Å². The van der Waals surface area contributed by atoms with Gasteiger partial charge in [0.2, 0.25) is 5.43 Å². The van der Waals surface area contributed by atoms with Crippen LogP contribution in [0, 0.1) is 11.8 Å². The average Bonchev–Trinajstić information content (AvgIpc) is 3.44. The molecule has 0 atom stereocenters. The van der Waals surface area contributed by atoms with Gasteiger partial charge in [-0.05, 0) is 57.0 Å². The number of nitrogens with zero attached hydrogens (tertiary/aromatic N) is 2. The zero-order chi connectivity index (χ0) is 20.6. The summed E-state index contributed by atoms with van der Waals surface area (Å²) in [6.07, 6.45) is 4.53. The molecule has 2 N–H and O–H groups in total. The van der Waals surface area contributed by atoms with Crippen LogP contribution in [-0.4, -0.2) is 32.2 Å². The zero-order valence-corrected chi connectivity index (χ0v) is 16.3. The Morgan fingerprint density at radius 2 is 2.07 bits per heavy atom. The Morgan fingerprint density at radius 3 is 2.79 bits per heavy atom. The largest absolute Gasteiger partial charge is 0.378 e. The fourth-order valence-electron chi connectivity index (χ4n) is 3.02. The van der Waals surface area contributed by atoms with Gasteiger partial charge in [0.05, 0.1) is 5.39 Å². The molecule has 146 valence electrons. The number of rotatable bonds is 3. The Hall–Kier alpha value is -3.43. The topological polar surface area (TPSA) is 84.2 Å². The standard InChI is InChI=1S/C23H21N3O3/c1-15(2)25-22(28)19-14-26(21-18(20(19)27)7-4-12-24-21)17-6-3-5-16(13-17)8-9-23(29)10-11-23/h3-7,12-15,29H,10-11H2,1-2H3,(H,25,28). The van der Waals surface area contributed by atoms with Crippen molar-refractivity contribution in [1.82, 2.24) is 14.9 Å². The third kappa shape index (κ3) is 3.91. The Kier molecular flexibility index (Phi) is 4.69. The van der Waals surface area contributed by atoms with Gasteiger partial charge < -0.3 is 15.0 Å². The minimum Gasteiger partial charge on any atom is -0.378 e. The first kappa shape index (κ1) is 18.9. The van der Waals surface area contributed by atoms with E-state index in [1.54, 1.807) is 22.9 Å². The zero-order valence-electron chi connectivity index (χ0n) is 16.3. The monoisotopic (exact) mass is 387 g/mol. The van der Waals surface area contributed by atoms with Crippen LogP contribution in [0.1, 0.15) is 42.6 Å². The molecule has 0 unspecified atom stereocenters. The number of aromatic nitrogens is 2. The Morgan fingerprint density at radius 1 is 1.28 bits per heavy atom. The number of pyridine rings is 2. The van der Waals surface area contributed by atoms with Crippen LogP contribution in [0.2, 0.25) is 0 Å². The van der Waals surface area contributed by atoms with E-state index in [0.29, 0.717) is 23.9 Å². The predicted octanol–water partition coefficient (Wildman–Crippen LogP) is 2.40. The summed E-state index contributed by atoms with van der Waals surface area (Å²) in [7, 11) is 0. The lowest BCUT2D eigenvalue weighted by molar-refractivity contribution is 0.0941. The molecule has 4 rings (SSSR count). The van der Waals surface area contributed by atoms with Gasteiger partial charge in [0.25, 0.3) is 5.91 Å². The summed E-state index contributed by atoms with van der Waals surface area (Å²) in [4.78, 5) is 29.8. The van der Waals surface area contributed by atoms with Crippen molar-refractivity contribution in [3.8, 4) is 17.5 Å². The third-order valence-corrected chi connectivity index (χ3v) is 4.71. The van der Waals surface area contributed by atoms with E-state index in [4.69, 9.17) is 0 Å². The highest BCUT2D eigenvalue weighted by atomic mass is 16.3. The van der Waals surface area contributed by atoms with E-state index < -0.39 is 11.5 Å². The van der Waals surface area contributed by atoms with E-state index in [0.717, 1.165) is 11.3 Å². The number of carbonyl (C=O) groups excluding carboxylic acids is 1. The summed E-state index contributed by atoms with van der Waals surface area (Å²) < 4.78 is 1.73. The molecule has 1 aliphatic carbocycles. The smallest absolute Gasteiger partial charge is 0.256 e. The second-order valence-electron chi connectivity index (χ2n) is 7.58. The van der Waals surface area contributed by atoms with E-state index in [1.807, 2.05) is 38.1 Å². The maximum absolute atomic E-state index is 12.9. The van der Waals surface area contributed by atoms with Crippen LogP contribution in [-0.2, 0) is 0 Å². The van der Waals surface area contributed by atoms with Crippen LogP contribution in [0.4, 0.5) is 0 Å². The number of fused-ring (bicyclic) bond motifs is 1. The quantitative estimate of drug-likeness (QED) is 0.676. The number of hydrogen-bond donors (Lipinski definition) is 2. The molecule has 3 aromatic rings. The highest BCUT2D eigenvalue weighted by Gasteiger charge is 2.38. The molecule has 0 saturated heterocycles. The first-order chi connectivity index (χ1) is 13.9. The van der Waals surface area contributed by atoms with Crippen molar-refractivity contribution < 1.29 is 9.90 Å².